The van der Waals surface area contributed by atoms with Gasteiger partial charge in [-0.3, -0.25) is 5.32 Å². The van der Waals surface area contributed by atoms with Crippen LogP contribution in [0.5, 0.6) is 0 Å². The first kappa shape index (κ1) is 16.5. The first-order valence-electron chi connectivity index (χ1n) is 8.25. The zero-order chi connectivity index (χ0) is 16.9. The smallest absolute Gasteiger partial charge is 0.323 e. The predicted octanol–water partition coefficient (Wildman–Crippen LogP) is 3.50. The minimum absolute atomic E-state index is 0.0814. The molecule has 0 aliphatic carbocycles. The molecule has 3 heterocycles. The average molecular weight is 329 g/mol. The van der Waals surface area contributed by atoms with Gasteiger partial charge in [-0.1, -0.05) is 0 Å². The number of amides is 2. The fourth-order valence-corrected chi connectivity index (χ4v) is 2.94. The van der Waals surface area contributed by atoms with E-state index in [0.717, 1.165) is 36.5 Å². The van der Waals surface area contributed by atoms with Crippen molar-refractivity contribution < 1.29 is 13.9 Å². The maximum Gasteiger partial charge on any atom is 0.323 e. The number of furan rings is 1. The van der Waals surface area contributed by atoms with Gasteiger partial charge in [0.05, 0.1) is 18.9 Å². The molecule has 2 amide bonds. The summed E-state index contributed by atoms with van der Waals surface area (Å²) in [6.07, 6.45) is 3.71. The lowest BCUT2D eigenvalue weighted by Gasteiger charge is -2.24. The molecule has 0 aromatic carbocycles. The summed E-state index contributed by atoms with van der Waals surface area (Å²) in [5.41, 5.74) is 1.94. The van der Waals surface area contributed by atoms with Gasteiger partial charge in [-0.15, -0.1) is 0 Å². The largest absolute Gasteiger partial charge is 0.467 e. The van der Waals surface area contributed by atoms with Gasteiger partial charge in [0.25, 0.3) is 0 Å². The number of pyridine rings is 1. The quantitative estimate of drug-likeness (QED) is 0.911. The molecule has 0 saturated carbocycles. The van der Waals surface area contributed by atoms with E-state index in [-0.39, 0.29) is 12.1 Å². The molecule has 0 bridgehead atoms. The molecule has 3 rings (SSSR count). The van der Waals surface area contributed by atoms with E-state index in [2.05, 4.69) is 10.3 Å². The summed E-state index contributed by atoms with van der Waals surface area (Å²) in [7, 11) is 0. The van der Waals surface area contributed by atoms with Crippen LogP contribution in [0.4, 0.5) is 10.6 Å². The number of nitrogens with zero attached hydrogens (tertiary/aromatic N) is 2. The van der Waals surface area contributed by atoms with Crippen molar-refractivity contribution in [2.24, 2.45) is 0 Å². The number of anilines is 1. The Bertz CT molecular complexity index is 659. The summed E-state index contributed by atoms with van der Waals surface area (Å²) in [6, 6.07) is 7.33. The number of nitrogens with one attached hydrogen (secondary N) is 1. The van der Waals surface area contributed by atoms with E-state index >= 15 is 0 Å². The number of ether oxygens (including phenoxy) is 1. The van der Waals surface area contributed by atoms with E-state index in [0.29, 0.717) is 18.9 Å². The fraction of sp³-hybridized carbons (Fsp3) is 0.444. The van der Waals surface area contributed by atoms with Crippen molar-refractivity contribution in [2.45, 2.75) is 39.3 Å². The summed E-state index contributed by atoms with van der Waals surface area (Å²) < 4.78 is 11.1. The van der Waals surface area contributed by atoms with Gasteiger partial charge in [0, 0.05) is 18.8 Å². The molecule has 1 fully saturated rings. The van der Waals surface area contributed by atoms with Crippen LogP contribution in [0.3, 0.4) is 0 Å². The topological polar surface area (TPSA) is 67.6 Å². The van der Waals surface area contributed by atoms with E-state index < -0.39 is 0 Å². The second kappa shape index (κ2) is 7.49. The van der Waals surface area contributed by atoms with E-state index in [4.69, 9.17) is 9.15 Å². The minimum atomic E-state index is -0.195. The van der Waals surface area contributed by atoms with Crippen LogP contribution in [0.2, 0.25) is 0 Å². The first-order chi connectivity index (χ1) is 11.6. The number of hydrogen-bond acceptors (Lipinski definition) is 4. The second-order valence-electron chi connectivity index (χ2n) is 6.20. The molecule has 1 aliphatic rings. The van der Waals surface area contributed by atoms with Gasteiger partial charge in [-0.2, -0.15) is 0 Å². The molecule has 2 aromatic heterocycles. The van der Waals surface area contributed by atoms with E-state index in [1.807, 2.05) is 38.1 Å². The Kier molecular flexibility index (Phi) is 5.15. The Hall–Kier alpha value is -2.34. The molecular formula is C18H23N3O3. The number of rotatable bonds is 5. The van der Waals surface area contributed by atoms with Crippen molar-refractivity contribution in [1.82, 2.24) is 9.88 Å². The van der Waals surface area contributed by atoms with E-state index in [1.165, 1.54) is 0 Å². The van der Waals surface area contributed by atoms with Crippen LogP contribution in [0.25, 0.3) is 0 Å². The summed E-state index contributed by atoms with van der Waals surface area (Å²) in [6.45, 7) is 5.60. The fourth-order valence-electron chi connectivity index (χ4n) is 2.94. The summed E-state index contributed by atoms with van der Waals surface area (Å²) in [5.74, 6) is 1.31. The van der Waals surface area contributed by atoms with Crippen molar-refractivity contribution >= 4 is 11.8 Å². The van der Waals surface area contributed by atoms with Gasteiger partial charge in [-0.05, 0) is 56.5 Å². The molecule has 6 heteroatoms. The van der Waals surface area contributed by atoms with Crippen molar-refractivity contribution in [3.05, 3.63) is 47.5 Å². The SMILES string of the molecule is Cc1cc(C)nc(NC(=O)N(Cc2ccco2)C[C@H]2CCCO2)c1. The third kappa shape index (κ3) is 4.35. The third-order valence-electron chi connectivity index (χ3n) is 3.99. The number of carbonyl (C=O) groups is 1. The van der Waals surface area contributed by atoms with Gasteiger partial charge >= 0.3 is 6.03 Å². The molecule has 24 heavy (non-hydrogen) atoms. The highest BCUT2D eigenvalue weighted by atomic mass is 16.5. The van der Waals surface area contributed by atoms with E-state index in [9.17, 15) is 4.79 Å². The monoisotopic (exact) mass is 329 g/mol. The van der Waals surface area contributed by atoms with Crippen LogP contribution < -0.4 is 5.32 Å². The summed E-state index contributed by atoms with van der Waals surface area (Å²) >= 11 is 0. The van der Waals surface area contributed by atoms with Crippen LogP contribution in [0, 0.1) is 13.8 Å². The zero-order valence-corrected chi connectivity index (χ0v) is 14.1. The van der Waals surface area contributed by atoms with Gasteiger partial charge in [0.1, 0.15) is 11.6 Å². The minimum Gasteiger partial charge on any atom is -0.467 e. The Morgan fingerprint density at radius 2 is 2.29 bits per heavy atom. The summed E-state index contributed by atoms with van der Waals surface area (Å²) in [5, 5.41) is 2.89. The molecule has 128 valence electrons. The number of urea groups is 1. The van der Waals surface area contributed by atoms with Crippen molar-refractivity contribution in [2.75, 3.05) is 18.5 Å². The lowest BCUT2D eigenvalue weighted by atomic mass is 10.2. The highest BCUT2D eigenvalue weighted by Crippen LogP contribution is 2.17. The Balaban J connectivity index is 1.71. The average Bonchev–Trinajstić information content (AvgIpc) is 3.19. The Morgan fingerprint density at radius 1 is 1.42 bits per heavy atom. The first-order valence-corrected chi connectivity index (χ1v) is 8.25. The molecule has 6 nitrogen and oxygen atoms in total. The van der Waals surface area contributed by atoms with Gasteiger partial charge in [0.2, 0.25) is 0 Å². The summed E-state index contributed by atoms with van der Waals surface area (Å²) in [4.78, 5) is 18.8. The molecular weight excluding hydrogens is 306 g/mol. The van der Waals surface area contributed by atoms with Crippen LogP contribution in [-0.2, 0) is 11.3 Å². The predicted molar refractivity (Wildman–Crippen MR) is 90.8 cm³/mol. The molecule has 1 aliphatic heterocycles. The number of aryl methyl sites for hydroxylation is 2. The van der Waals surface area contributed by atoms with Crippen molar-refractivity contribution in [3.63, 3.8) is 0 Å². The van der Waals surface area contributed by atoms with Crippen LogP contribution in [0.1, 0.15) is 29.9 Å². The Labute approximate surface area is 141 Å². The van der Waals surface area contributed by atoms with Crippen LogP contribution in [0.15, 0.2) is 34.9 Å². The van der Waals surface area contributed by atoms with Crippen molar-refractivity contribution in [1.29, 1.82) is 0 Å². The van der Waals surface area contributed by atoms with Crippen molar-refractivity contribution in [3.8, 4) is 0 Å². The number of hydrogen-bond donors (Lipinski definition) is 1. The van der Waals surface area contributed by atoms with E-state index in [1.54, 1.807) is 11.2 Å². The third-order valence-corrected chi connectivity index (χ3v) is 3.99. The standard InChI is InChI=1S/C18H23N3O3/c1-13-9-14(2)19-17(10-13)20-18(22)21(11-15-5-3-7-23-15)12-16-6-4-8-24-16/h3,5,7,9-10,16H,4,6,8,11-12H2,1-2H3,(H,19,20,22)/t16-/m1/s1. The zero-order valence-electron chi connectivity index (χ0n) is 14.1. The highest BCUT2D eigenvalue weighted by Gasteiger charge is 2.23. The van der Waals surface area contributed by atoms with Gasteiger partial charge < -0.3 is 14.1 Å². The highest BCUT2D eigenvalue weighted by molar-refractivity contribution is 5.88. The number of aromatic nitrogens is 1. The normalized spacial score (nSPS) is 17.0. The second-order valence-corrected chi connectivity index (χ2v) is 6.20. The lowest BCUT2D eigenvalue weighted by Crippen LogP contribution is -2.39. The lowest BCUT2D eigenvalue weighted by molar-refractivity contribution is 0.0802. The molecule has 1 N–H and O–H groups in total. The molecule has 0 spiro atoms. The maximum absolute atomic E-state index is 12.7. The molecule has 0 unspecified atom stereocenters. The molecule has 1 atom stereocenters. The van der Waals surface area contributed by atoms with Crippen LogP contribution in [-0.4, -0.2) is 35.2 Å². The number of carbonyl (C=O) groups excluding carboxylic acids is 1. The molecule has 1 saturated heterocycles. The van der Waals surface area contributed by atoms with Gasteiger partial charge in [-0.25, -0.2) is 9.78 Å². The van der Waals surface area contributed by atoms with Crippen LogP contribution >= 0.6 is 0 Å². The maximum atomic E-state index is 12.7. The Morgan fingerprint density at radius 3 is 2.96 bits per heavy atom. The molecule has 0 radical (unpaired) electrons. The molecule has 2 aromatic rings. The van der Waals surface area contributed by atoms with Gasteiger partial charge in [0.15, 0.2) is 0 Å².